The minimum absolute atomic E-state index is 0.321. The van der Waals surface area contributed by atoms with Crippen LogP contribution in [0.1, 0.15) is 37.5 Å². The summed E-state index contributed by atoms with van der Waals surface area (Å²) >= 11 is 0. The van der Waals surface area contributed by atoms with Crippen LogP contribution in [0.25, 0.3) is 0 Å². The largest absolute Gasteiger partial charge is 0.416 e. The van der Waals surface area contributed by atoms with Crippen LogP contribution in [0.5, 0.6) is 0 Å². The first-order valence-corrected chi connectivity index (χ1v) is 6.46. The number of nitrogens with zero attached hydrogens (tertiary/aromatic N) is 1. The predicted molar refractivity (Wildman–Crippen MR) is 68.8 cm³/mol. The standard InChI is InChI=1S/C14H20F3NO/c1-3-18(4-2)9-8-13(19)11-6-5-7-12(10-11)14(15,16)17/h5-7,10,13,19H,3-4,8-9H2,1-2H3. The zero-order valence-corrected chi connectivity index (χ0v) is 11.2. The van der Waals surface area contributed by atoms with Crippen molar-refractivity contribution >= 4 is 0 Å². The number of aliphatic hydroxyl groups is 1. The number of benzene rings is 1. The maximum absolute atomic E-state index is 12.6. The highest BCUT2D eigenvalue weighted by Crippen LogP contribution is 2.31. The maximum Gasteiger partial charge on any atom is 0.416 e. The first-order valence-electron chi connectivity index (χ1n) is 6.46. The summed E-state index contributed by atoms with van der Waals surface area (Å²) in [6.45, 7) is 6.43. The van der Waals surface area contributed by atoms with Crippen LogP contribution < -0.4 is 0 Å². The number of rotatable bonds is 6. The van der Waals surface area contributed by atoms with Crippen LogP contribution in [0.3, 0.4) is 0 Å². The van der Waals surface area contributed by atoms with Gasteiger partial charge in [0.15, 0.2) is 0 Å². The molecule has 0 bridgehead atoms. The topological polar surface area (TPSA) is 23.5 Å². The van der Waals surface area contributed by atoms with Gasteiger partial charge in [0, 0.05) is 6.54 Å². The summed E-state index contributed by atoms with van der Waals surface area (Å²) in [4.78, 5) is 2.12. The average molecular weight is 275 g/mol. The van der Waals surface area contributed by atoms with Gasteiger partial charge >= 0.3 is 6.18 Å². The molecular weight excluding hydrogens is 255 g/mol. The van der Waals surface area contributed by atoms with E-state index in [1.165, 1.54) is 12.1 Å². The molecule has 0 spiro atoms. The minimum atomic E-state index is -4.37. The molecule has 0 aliphatic carbocycles. The predicted octanol–water partition coefficient (Wildman–Crippen LogP) is 3.47. The van der Waals surface area contributed by atoms with Crippen LogP contribution in [0.4, 0.5) is 13.2 Å². The van der Waals surface area contributed by atoms with Crippen molar-refractivity contribution in [3.8, 4) is 0 Å². The van der Waals surface area contributed by atoms with E-state index in [1.807, 2.05) is 13.8 Å². The Labute approximate surface area is 111 Å². The third-order valence-corrected chi connectivity index (χ3v) is 3.21. The quantitative estimate of drug-likeness (QED) is 0.859. The third-order valence-electron chi connectivity index (χ3n) is 3.21. The van der Waals surface area contributed by atoms with E-state index in [0.717, 1.165) is 25.2 Å². The van der Waals surface area contributed by atoms with Crippen molar-refractivity contribution in [1.29, 1.82) is 0 Å². The molecular formula is C14H20F3NO. The highest BCUT2D eigenvalue weighted by molar-refractivity contribution is 5.27. The van der Waals surface area contributed by atoms with Crippen LogP contribution in [0, 0.1) is 0 Å². The molecule has 0 aliphatic rings. The van der Waals surface area contributed by atoms with Crippen LogP contribution in [0.2, 0.25) is 0 Å². The van der Waals surface area contributed by atoms with Crippen LogP contribution >= 0.6 is 0 Å². The lowest BCUT2D eigenvalue weighted by atomic mass is 10.0. The van der Waals surface area contributed by atoms with Crippen LogP contribution in [0.15, 0.2) is 24.3 Å². The summed E-state index contributed by atoms with van der Waals surface area (Å²) in [7, 11) is 0. The summed E-state index contributed by atoms with van der Waals surface area (Å²) in [5.41, 5.74) is -0.395. The lowest BCUT2D eigenvalue weighted by Gasteiger charge is -2.20. The second-order valence-electron chi connectivity index (χ2n) is 4.45. The second-order valence-corrected chi connectivity index (χ2v) is 4.45. The Balaban J connectivity index is 2.69. The summed E-state index contributed by atoms with van der Waals surface area (Å²) in [6, 6.07) is 4.90. The Morgan fingerprint density at radius 3 is 2.37 bits per heavy atom. The minimum Gasteiger partial charge on any atom is -0.388 e. The molecule has 1 rings (SSSR count). The van der Waals surface area contributed by atoms with Gasteiger partial charge in [-0.1, -0.05) is 26.0 Å². The molecule has 1 atom stereocenters. The molecule has 0 heterocycles. The number of aliphatic hydroxyl groups excluding tert-OH is 1. The first-order chi connectivity index (χ1) is 8.88. The molecule has 0 saturated carbocycles. The zero-order chi connectivity index (χ0) is 14.5. The lowest BCUT2D eigenvalue weighted by Crippen LogP contribution is -2.25. The smallest absolute Gasteiger partial charge is 0.388 e. The Morgan fingerprint density at radius 1 is 1.21 bits per heavy atom. The van der Waals surface area contributed by atoms with Gasteiger partial charge in [0.2, 0.25) is 0 Å². The summed E-state index contributed by atoms with van der Waals surface area (Å²) < 4.78 is 37.7. The fraction of sp³-hybridized carbons (Fsp3) is 0.571. The molecule has 0 radical (unpaired) electrons. The molecule has 0 amide bonds. The van der Waals surface area contributed by atoms with Crippen molar-refractivity contribution in [3.05, 3.63) is 35.4 Å². The van der Waals surface area contributed by atoms with E-state index in [4.69, 9.17) is 0 Å². The molecule has 0 fully saturated rings. The number of alkyl halides is 3. The summed E-state index contributed by atoms with van der Waals surface area (Å²) in [6.07, 6.45) is -4.79. The zero-order valence-electron chi connectivity index (χ0n) is 11.2. The molecule has 1 aromatic carbocycles. The third kappa shape index (κ3) is 4.84. The normalized spacial score (nSPS) is 13.8. The molecule has 5 heteroatoms. The number of hydrogen-bond acceptors (Lipinski definition) is 2. The Hall–Kier alpha value is -1.07. The summed E-state index contributed by atoms with van der Waals surface area (Å²) in [5, 5.41) is 9.96. The van der Waals surface area contributed by atoms with Gasteiger partial charge in [-0.05, 0) is 37.2 Å². The van der Waals surface area contributed by atoms with Crippen molar-refractivity contribution in [2.75, 3.05) is 19.6 Å². The number of halogens is 3. The van der Waals surface area contributed by atoms with Gasteiger partial charge in [-0.25, -0.2) is 0 Å². The molecule has 19 heavy (non-hydrogen) atoms. The molecule has 0 saturated heterocycles. The van der Waals surface area contributed by atoms with Gasteiger partial charge in [0.1, 0.15) is 0 Å². The molecule has 1 N–H and O–H groups in total. The van der Waals surface area contributed by atoms with Crippen molar-refractivity contribution in [2.24, 2.45) is 0 Å². The Bertz CT molecular complexity index is 389. The monoisotopic (exact) mass is 275 g/mol. The molecule has 1 unspecified atom stereocenters. The van der Waals surface area contributed by atoms with E-state index in [9.17, 15) is 18.3 Å². The highest BCUT2D eigenvalue weighted by atomic mass is 19.4. The SMILES string of the molecule is CCN(CC)CCC(O)c1cccc(C(F)(F)F)c1. The van der Waals surface area contributed by atoms with Gasteiger partial charge < -0.3 is 10.0 Å². The molecule has 108 valence electrons. The fourth-order valence-electron chi connectivity index (χ4n) is 1.93. The van der Waals surface area contributed by atoms with Gasteiger partial charge in [0.05, 0.1) is 11.7 Å². The van der Waals surface area contributed by atoms with E-state index in [0.29, 0.717) is 18.5 Å². The van der Waals surface area contributed by atoms with Crippen LogP contribution in [-0.4, -0.2) is 29.6 Å². The van der Waals surface area contributed by atoms with Gasteiger partial charge in [0.25, 0.3) is 0 Å². The van der Waals surface area contributed by atoms with E-state index in [-0.39, 0.29) is 0 Å². The van der Waals surface area contributed by atoms with Gasteiger partial charge in [-0.2, -0.15) is 13.2 Å². The lowest BCUT2D eigenvalue weighted by molar-refractivity contribution is -0.137. The van der Waals surface area contributed by atoms with E-state index in [1.54, 1.807) is 0 Å². The number of hydrogen-bond donors (Lipinski definition) is 1. The van der Waals surface area contributed by atoms with Crippen LogP contribution in [-0.2, 0) is 6.18 Å². The van der Waals surface area contributed by atoms with Crippen molar-refractivity contribution in [2.45, 2.75) is 32.5 Å². The van der Waals surface area contributed by atoms with E-state index >= 15 is 0 Å². The van der Waals surface area contributed by atoms with Gasteiger partial charge in [-0.3, -0.25) is 0 Å². The van der Waals surface area contributed by atoms with Crippen molar-refractivity contribution in [3.63, 3.8) is 0 Å². The highest BCUT2D eigenvalue weighted by Gasteiger charge is 2.30. The molecule has 2 nitrogen and oxygen atoms in total. The molecule has 0 aromatic heterocycles. The van der Waals surface area contributed by atoms with Gasteiger partial charge in [-0.15, -0.1) is 0 Å². The van der Waals surface area contributed by atoms with E-state index < -0.39 is 17.8 Å². The fourth-order valence-corrected chi connectivity index (χ4v) is 1.93. The van der Waals surface area contributed by atoms with E-state index in [2.05, 4.69) is 4.90 Å². The molecule has 1 aromatic rings. The maximum atomic E-state index is 12.6. The second kappa shape index (κ2) is 6.91. The van der Waals surface area contributed by atoms with Crippen molar-refractivity contribution < 1.29 is 18.3 Å². The molecule has 0 aliphatic heterocycles. The summed E-state index contributed by atoms with van der Waals surface area (Å²) in [5.74, 6) is 0. The Morgan fingerprint density at radius 2 is 1.84 bits per heavy atom. The van der Waals surface area contributed by atoms with Crippen molar-refractivity contribution in [1.82, 2.24) is 4.90 Å². The Kier molecular flexibility index (Phi) is 5.82. The first kappa shape index (κ1) is 16.0. The average Bonchev–Trinajstić information content (AvgIpc) is 2.39.